The number of rotatable bonds is 9. The van der Waals surface area contributed by atoms with E-state index in [1.807, 2.05) is 24.3 Å². The van der Waals surface area contributed by atoms with Crippen LogP contribution in [-0.4, -0.2) is 5.97 Å². The van der Waals surface area contributed by atoms with Gasteiger partial charge in [0.2, 0.25) is 0 Å². The molecule has 156 valence electrons. The van der Waals surface area contributed by atoms with E-state index in [4.69, 9.17) is 4.74 Å². The van der Waals surface area contributed by atoms with Crippen LogP contribution in [0.25, 0.3) is 0 Å². The average Bonchev–Trinajstić information content (AvgIpc) is 2.78. The molecule has 0 heterocycles. The predicted octanol–water partition coefficient (Wildman–Crippen LogP) is 7.71. The molecule has 0 amide bonds. The van der Waals surface area contributed by atoms with Crippen LogP contribution in [0.15, 0.2) is 48.5 Å². The molecule has 0 unspecified atom stereocenters. The van der Waals surface area contributed by atoms with Crippen molar-refractivity contribution in [2.75, 3.05) is 0 Å². The third-order valence-corrected chi connectivity index (χ3v) is 6.49. The summed E-state index contributed by atoms with van der Waals surface area (Å²) in [5.74, 6) is 1.92. The zero-order valence-corrected chi connectivity index (χ0v) is 18.2. The van der Waals surface area contributed by atoms with Crippen molar-refractivity contribution >= 4 is 5.97 Å². The molecule has 2 aromatic rings. The molecule has 29 heavy (non-hydrogen) atoms. The molecule has 1 aliphatic carbocycles. The summed E-state index contributed by atoms with van der Waals surface area (Å²) < 4.78 is 5.59. The molecular weight excluding hydrogens is 356 g/mol. The molecule has 2 aromatic carbocycles. The zero-order valence-electron chi connectivity index (χ0n) is 18.2. The Morgan fingerprint density at radius 3 is 2.17 bits per heavy atom. The third-order valence-electron chi connectivity index (χ3n) is 6.49. The second-order valence-electron chi connectivity index (χ2n) is 8.59. The van der Waals surface area contributed by atoms with Crippen LogP contribution in [0.3, 0.4) is 0 Å². The lowest BCUT2D eigenvalue weighted by Gasteiger charge is -2.28. The number of aryl methyl sites for hydroxylation is 1. The lowest BCUT2D eigenvalue weighted by Crippen LogP contribution is -2.12. The normalized spacial score (nSPS) is 19.1. The molecule has 0 spiro atoms. The Morgan fingerprint density at radius 1 is 0.862 bits per heavy atom. The van der Waals surface area contributed by atoms with E-state index in [1.165, 1.54) is 68.9 Å². The van der Waals surface area contributed by atoms with E-state index in [2.05, 4.69) is 38.1 Å². The number of unbranched alkanes of at least 4 members (excludes halogenated alkanes) is 3. The number of hydrogen-bond donors (Lipinski definition) is 0. The maximum absolute atomic E-state index is 12.5. The minimum atomic E-state index is -0.279. The Labute approximate surface area is 176 Å². The van der Waals surface area contributed by atoms with Crippen LogP contribution in [0.2, 0.25) is 0 Å². The average molecular weight is 393 g/mol. The van der Waals surface area contributed by atoms with Gasteiger partial charge in [-0.1, -0.05) is 63.8 Å². The molecule has 1 aliphatic rings. The summed E-state index contributed by atoms with van der Waals surface area (Å²) in [6.45, 7) is 4.53. The second kappa shape index (κ2) is 11.2. The van der Waals surface area contributed by atoms with Crippen molar-refractivity contribution in [1.29, 1.82) is 0 Å². The highest BCUT2D eigenvalue weighted by Crippen LogP contribution is 2.37. The van der Waals surface area contributed by atoms with Gasteiger partial charge in [-0.2, -0.15) is 0 Å². The van der Waals surface area contributed by atoms with Gasteiger partial charge in [0.25, 0.3) is 0 Å². The van der Waals surface area contributed by atoms with Gasteiger partial charge in [-0.05, 0) is 85.8 Å². The van der Waals surface area contributed by atoms with E-state index < -0.39 is 0 Å². The van der Waals surface area contributed by atoms with E-state index in [0.29, 0.717) is 17.2 Å². The molecule has 3 rings (SSSR count). The lowest BCUT2D eigenvalue weighted by molar-refractivity contribution is 0.0734. The monoisotopic (exact) mass is 392 g/mol. The van der Waals surface area contributed by atoms with Crippen LogP contribution in [0, 0.1) is 5.92 Å². The van der Waals surface area contributed by atoms with E-state index in [-0.39, 0.29) is 5.97 Å². The Bertz CT molecular complexity index is 737. The summed E-state index contributed by atoms with van der Waals surface area (Å²) >= 11 is 0. The SMILES string of the molecule is CCCCCCc1ccc(C(=O)Oc2ccc(C3CCC(CC)CC3)cc2)cc1. The summed E-state index contributed by atoms with van der Waals surface area (Å²) in [5.41, 5.74) is 3.29. The number of esters is 1. The molecular formula is C27H36O2. The van der Waals surface area contributed by atoms with Gasteiger partial charge < -0.3 is 4.74 Å². The summed E-state index contributed by atoms with van der Waals surface area (Å²) in [4.78, 5) is 12.5. The van der Waals surface area contributed by atoms with Crippen LogP contribution in [0.5, 0.6) is 5.75 Å². The van der Waals surface area contributed by atoms with Crippen molar-refractivity contribution in [2.45, 2.75) is 84.0 Å². The molecule has 0 bridgehead atoms. The van der Waals surface area contributed by atoms with E-state index in [0.717, 1.165) is 12.3 Å². The third kappa shape index (κ3) is 6.45. The van der Waals surface area contributed by atoms with E-state index in [1.54, 1.807) is 0 Å². The van der Waals surface area contributed by atoms with Crippen molar-refractivity contribution in [3.8, 4) is 5.75 Å². The van der Waals surface area contributed by atoms with Gasteiger partial charge in [0, 0.05) is 0 Å². The lowest BCUT2D eigenvalue weighted by atomic mass is 9.78. The van der Waals surface area contributed by atoms with Gasteiger partial charge in [-0.15, -0.1) is 0 Å². The molecule has 2 nitrogen and oxygen atoms in total. The van der Waals surface area contributed by atoms with Crippen molar-refractivity contribution in [3.05, 3.63) is 65.2 Å². The fraction of sp³-hybridized carbons (Fsp3) is 0.519. The number of ether oxygens (including phenoxy) is 1. The van der Waals surface area contributed by atoms with Crippen LogP contribution < -0.4 is 4.74 Å². The summed E-state index contributed by atoms with van der Waals surface area (Å²) in [6, 6.07) is 16.0. The quantitative estimate of drug-likeness (QED) is 0.248. The summed E-state index contributed by atoms with van der Waals surface area (Å²) in [7, 11) is 0. The summed E-state index contributed by atoms with van der Waals surface area (Å²) in [5, 5.41) is 0. The first-order valence-electron chi connectivity index (χ1n) is 11.6. The molecule has 2 heteroatoms. The van der Waals surface area contributed by atoms with Crippen molar-refractivity contribution in [3.63, 3.8) is 0 Å². The molecule has 1 fully saturated rings. The molecule has 0 aromatic heterocycles. The van der Waals surface area contributed by atoms with Gasteiger partial charge in [0.05, 0.1) is 5.56 Å². The Kier molecular flexibility index (Phi) is 8.34. The minimum Gasteiger partial charge on any atom is -0.423 e. The molecule has 0 aliphatic heterocycles. The first-order valence-corrected chi connectivity index (χ1v) is 11.6. The van der Waals surface area contributed by atoms with Crippen molar-refractivity contribution in [2.24, 2.45) is 5.92 Å². The topological polar surface area (TPSA) is 26.3 Å². The van der Waals surface area contributed by atoms with Crippen molar-refractivity contribution < 1.29 is 9.53 Å². The van der Waals surface area contributed by atoms with Gasteiger partial charge in [0.1, 0.15) is 5.75 Å². The highest BCUT2D eigenvalue weighted by atomic mass is 16.5. The Hall–Kier alpha value is -2.09. The van der Waals surface area contributed by atoms with Gasteiger partial charge >= 0.3 is 5.97 Å². The second-order valence-corrected chi connectivity index (χ2v) is 8.59. The molecule has 0 N–H and O–H groups in total. The number of carbonyl (C=O) groups excluding carboxylic acids is 1. The standard InChI is InChI=1S/C27H36O2/c1-3-5-6-7-8-22-11-15-25(16-12-22)27(28)29-26-19-17-24(18-20-26)23-13-9-21(4-2)10-14-23/h11-12,15-21,23H,3-10,13-14H2,1-2H3. The van der Waals surface area contributed by atoms with E-state index >= 15 is 0 Å². The van der Waals surface area contributed by atoms with Gasteiger partial charge in [-0.25, -0.2) is 4.79 Å². The first kappa shape index (κ1) is 21.6. The fourth-order valence-corrected chi connectivity index (χ4v) is 4.44. The molecule has 0 radical (unpaired) electrons. The molecule has 0 saturated heterocycles. The highest BCUT2D eigenvalue weighted by molar-refractivity contribution is 5.91. The fourth-order valence-electron chi connectivity index (χ4n) is 4.44. The Balaban J connectivity index is 1.50. The first-order chi connectivity index (χ1) is 14.2. The maximum Gasteiger partial charge on any atom is 0.343 e. The van der Waals surface area contributed by atoms with Crippen LogP contribution in [0.1, 0.15) is 99.0 Å². The van der Waals surface area contributed by atoms with Crippen LogP contribution >= 0.6 is 0 Å². The predicted molar refractivity (Wildman–Crippen MR) is 121 cm³/mol. The maximum atomic E-state index is 12.5. The van der Waals surface area contributed by atoms with Crippen molar-refractivity contribution in [1.82, 2.24) is 0 Å². The van der Waals surface area contributed by atoms with E-state index in [9.17, 15) is 4.79 Å². The Morgan fingerprint density at radius 2 is 1.55 bits per heavy atom. The van der Waals surface area contributed by atoms with Gasteiger partial charge in [0.15, 0.2) is 0 Å². The number of benzene rings is 2. The van der Waals surface area contributed by atoms with Crippen LogP contribution in [-0.2, 0) is 6.42 Å². The molecule has 1 saturated carbocycles. The number of hydrogen-bond acceptors (Lipinski definition) is 2. The smallest absolute Gasteiger partial charge is 0.343 e. The van der Waals surface area contributed by atoms with Crippen LogP contribution in [0.4, 0.5) is 0 Å². The summed E-state index contributed by atoms with van der Waals surface area (Å²) in [6.07, 6.45) is 12.7. The largest absolute Gasteiger partial charge is 0.423 e. The van der Waals surface area contributed by atoms with Gasteiger partial charge in [-0.3, -0.25) is 0 Å². The minimum absolute atomic E-state index is 0.279. The number of carbonyl (C=O) groups is 1. The molecule has 0 atom stereocenters. The zero-order chi connectivity index (χ0) is 20.5. The highest BCUT2D eigenvalue weighted by Gasteiger charge is 2.21.